The molecule has 1 aromatic heterocycles. The van der Waals surface area contributed by atoms with Crippen LogP contribution in [0.4, 0.5) is 0 Å². The van der Waals surface area contributed by atoms with Crippen molar-refractivity contribution < 1.29 is 28.5 Å². The maximum atomic E-state index is 5.67. The highest BCUT2D eigenvalue weighted by Crippen LogP contribution is 2.01. The molecule has 0 saturated carbocycles. The van der Waals surface area contributed by atoms with Crippen LogP contribution in [0.5, 0.6) is 0 Å². The van der Waals surface area contributed by atoms with Crippen LogP contribution in [0.2, 0.25) is 5.15 Å². The van der Waals surface area contributed by atoms with Crippen molar-refractivity contribution in [3.63, 3.8) is 0 Å². The molecule has 22 heavy (non-hydrogen) atoms. The van der Waals surface area contributed by atoms with E-state index in [2.05, 4.69) is 25.7 Å². The van der Waals surface area contributed by atoms with Gasteiger partial charge in [0.2, 0.25) is 0 Å². The van der Waals surface area contributed by atoms with Crippen molar-refractivity contribution in [3.8, 4) is 0 Å². The topological polar surface area (TPSA) is 7.12 Å². The van der Waals surface area contributed by atoms with Crippen LogP contribution in [0.1, 0.15) is 59.3 Å². The van der Waals surface area contributed by atoms with Gasteiger partial charge in [-0.3, -0.25) is 0 Å². The van der Waals surface area contributed by atoms with Crippen molar-refractivity contribution in [2.45, 2.75) is 59.3 Å². The molecule has 0 radical (unpaired) electrons. The normalized spacial score (nSPS) is 9.91. The zero-order valence-electron chi connectivity index (χ0n) is 14.8. The summed E-state index contributed by atoms with van der Waals surface area (Å²) >= 11 is 5.67. The molecular weight excluding hydrogens is 407 g/mol. The number of hydrogen-bond acceptors (Lipinski definition) is 1. The van der Waals surface area contributed by atoms with Gasteiger partial charge in [-0.05, 0) is 56.6 Å². The van der Waals surface area contributed by atoms with Gasteiger partial charge in [0, 0.05) is 12.1 Å². The van der Waals surface area contributed by atoms with Gasteiger partial charge in [0.15, 0.2) is 6.20 Å². The molecule has 0 saturated heterocycles. The van der Waals surface area contributed by atoms with E-state index >= 15 is 0 Å². The van der Waals surface area contributed by atoms with E-state index in [0.29, 0.717) is 0 Å². The fourth-order valence-corrected chi connectivity index (χ4v) is 2.11. The van der Waals surface area contributed by atoms with Crippen molar-refractivity contribution in [1.82, 2.24) is 4.90 Å². The molecule has 4 heteroatoms. The molecule has 1 rings (SSSR count). The van der Waals surface area contributed by atoms with Crippen molar-refractivity contribution in [3.05, 3.63) is 29.5 Å². The molecule has 1 heterocycles. The third-order valence-corrected chi connectivity index (χ3v) is 3.87. The zero-order valence-corrected chi connectivity index (χ0v) is 17.7. The Morgan fingerprint density at radius 2 is 1.36 bits per heavy atom. The highest BCUT2D eigenvalue weighted by atomic mass is 127. The minimum Gasteiger partial charge on any atom is -1.00 e. The highest BCUT2D eigenvalue weighted by molar-refractivity contribution is 6.28. The molecule has 0 aliphatic heterocycles. The third-order valence-electron chi connectivity index (χ3n) is 3.48. The largest absolute Gasteiger partial charge is 1.00 e. The molecule has 0 aromatic carbocycles. The number of rotatable bonds is 9. The Bertz CT molecular complexity index is 308. The SMILES string of the molecule is CCCCN(CCCC)CCCC.C[n+]1ccccc1Cl.[I-]. The second kappa shape index (κ2) is 17.5. The zero-order chi connectivity index (χ0) is 15.9. The first-order valence-corrected chi connectivity index (χ1v) is 8.85. The molecule has 0 spiro atoms. The molecule has 0 N–H and O–H groups in total. The molecule has 0 amide bonds. The van der Waals surface area contributed by atoms with Crippen LogP contribution < -0.4 is 28.5 Å². The number of aromatic nitrogens is 1. The van der Waals surface area contributed by atoms with Crippen LogP contribution in [-0.2, 0) is 7.05 Å². The Balaban J connectivity index is 0. The monoisotopic (exact) mass is 440 g/mol. The summed E-state index contributed by atoms with van der Waals surface area (Å²) in [4.78, 5) is 2.64. The smallest absolute Gasteiger partial charge is 0.274 e. The number of aryl methyl sites for hydroxylation is 1. The van der Waals surface area contributed by atoms with Gasteiger partial charge in [-0.2, -0.15) is 4.57 Å². The predicted octanol–water partition coefficient (Wildman–Crippen LogP) is 1.86. The summed E-state index contributed by atoms with van der Waals surface area (Å²) in [7, 11) is 1.91. The molecular formula is C18H34ClIN2. The second-order valence-corrected chi connectivity index (χ2v) is 5.92. The molecule has 0 aliphatic carbocycles. The summed E-state index contributed by atoms with van der Waals surface area (Å²) in [6.07, 6.45) is 9.99. The molecule has 0 unspecified atom stereocenters. The van der Waals surface area contributed by atoms with E-state index in [1.807, 2.05) is 36.0 Å². The van der Waals surface area contributed by atoms with Gasteiger partial charge in [-0.1, -0.05) is 40.0 Å². The molecule has 130 valence electrons. The van der Waals surface area contributed by atoms with Crippen molar-refractivity contribution in [2.75, 3.05) is 19.6 Å². The number of halogens is 2. The van der Waals surface area contributed by atoms with E-state index < -0.39 is 0 Å². The fraction of sp³-hybridized carbons (Fsp3) is 0.722. The Morgan fingerprint density at radius 3 is 1.64 bits per heavy atom. The quantitative estimate of drug-likeness (QED) is 0.323. The van der Waals surface area contributed by atoms with Crippen LogP contribution in [0.15, 0.2) is 24.4 Å². The molecule has 0 bridgehead atoms. The van der Waals surface area contributed by atoms with Crippen LogP contribution in [0, 0.1) is 0 Å². The molecule has 0 atom stereocenters. The Hall–Kier alpha value is 0.130. The fourth-order valence-electron chi connectivity index (χ4n) is 1.98. The lowest BCUT2D eigenvalue weighted by atomic mass is 10.2. The summed E-state index contributed by atoms with van der Waals surface area (Å²) in [5.74, 6) is 0. The van der Waals surface area contributed by atoms with Gasteiger partial charge < -0.3 is 28.9 Å². The van der Waals surface area contributed by atoms with E-state index in [0.717, 1.165) is 5.15 Å². The van der Waals surface area contributed by atoms with E-state index in [9.17, 15) is 0 Å². The van der Waals surface area contributed by atoms with Crippen LogP contribution in [0.3, 0.4) is 0 Å². The van der Waals surface area contributed by atoms with Crippen molar-refractivity contribution in [2.24, 2.45) is 7.05 Å². The standard InChI is InChI=1S/C12H27N.C6H7ClN.HI/c1-4-7-10-13(11-8-5-2)12-9-6-3;1-8-5-3-2-4-6(8)7;/h4-12H2,1-3H3;2-5H,1H3;1H/q;+1;/p-1. The summed E-state index contributed by atoms with van der Waals surface area (Å²) < 4.78 is 1.85. The minimum atomic E-state index is 0. The number of hydrogen-bond donors (Lipinski definition) is 0. The van der Waals surface area contributed by atoms with Crippen LogP contribution in [-0.4, -0.2) is 24.5 Å². The van der Waals surface area contributed by atoms with Gasteiger partial charge >= 0.3 is 0 Å². The summed E-state index contributed by atoms with van der Waals surface area (Å²) in [6.45, 7) is 10.8. The third kappa shape index (κ3) is 13.8. The van der Waals surface area contributed by atoms with E-state index in [1.54, 1.807) is 0 Å². The lowest BCUT2D eigenvalue weighted by Crippen LogP contribution is -3.00. The minimum absolute atomic E-state index is 0. The van der Waals surface area contributed by atoms with E-state index in [-0.39, 0.29) is 24.0 Å². The average Bonchev–Trinajstić information content (AvgIpc) is 2.50. The summed E-state index contributed by atoms with van der Waals surface area (Å²) in [5.41, 5.74) is 0. The Labute approximate surface area is 160 Å². The number of pyridine rings is 1. The lowest BCUT2D eigenvalue weighted by molar-refractivity contribution is -0.669. The Morgan fingerprint density at radius 1 is 0.909 bits per heavy atom. The van der Waals surface area contributed by atoms with Gasteiger partial charge in [0.25, 0.3) is 5.15 Å². The van der Waals surface area contributed by atoms with Crippen LogP contribution >= 0.6 is 11.6 Å². The maximum absolute atomic E-state index is 5.67. The number of nitrogens with zero attached hydrogens (tertiary/aromatic N) is 2. The molecule has 0 fully saturated rings. The molecule has 0 aliphatic rings. The molecule has 1 aromatic rings. The first-order chi connectivity index (χ1) is 10.2. The summed E-state index contributed by atoms with van der Waals surface area (Å²) in [5, 5.41) is 0.757. The van der Waals surface area contributed by atoms with Crippen molar-refractivity contribution in [1.29, 1.82) is 0 Å². The van der Waals surface area contributed by atoms with Gasteiger partial charge in [-0.15, -0.1) is 0 Å². The van der Waals surface area contributed by atoms with Crippen molar-refractivity contribution >= 4 is 11.6 Å². The maximum Gasteiger partial charge on any atom is 0.274 e. The highest BCUT2D eigenvalue weighted by Gasteiger charge is 2.01. The molecule has 2 nitrogen and oxygen atoms in total. The van der Waals surface area contributed by atoms with Gasteiger partial charge in [0.05, 0.1) is 0 Å². The predicted molar refractivity (Wildman–Crippen MR) is 93.8 cm³/mol. The van der Waals surface area contributed by atoms with E-state index in [1.165, 1.54) is 58.2 Å². The number of unbranched alkanes of at least 4 members (excludes halogenated alkanes) is 3. The first-order valence-electron chi connectivity index (χ1n) is 8.48. The van der Waals surface area contributed by atoms with Gasteiger partial charge in [-0.25, -0.2) is 0 Å². The van der Waals surface area contributed by atoms with Gasteiger partial charge in [0.1, 0.15) is 7.05 Å². The summed E-state index contributed by atoms with van der Waals surface area (Å²) in [6, 6.07) is 5.69. The Kier molecular flexibility index (Phi) is 19.4. The first kappa shape index (κ1) is 24.4. The lowest BCUT2D eigenvalue weighted by Gasteiger charge is -2.21. The van der Waals surface area contributed by atoms with E-state index in [4.69, 9.17) is 11.6 Å². The average molecular weight is 441 g/mol. The van der Waals surface area contributed by atoms with Crippen LogP contribution in [0.25, 0.3) is 0 Å². The second-order valence-electron chi connectivity index (χ2n) is 5.54.